The van der Waals surface area contributed by atoms with Gasteiger partial charge in [0.2, 0.25) is 0 Å². The van der Waals surface area contributed by atoms with E-state index in [-0.39, 0.29) is 6.61 Å². The van der Waals surface area contributed by atoms with Crippen LogP contribution in [0, 0.1) is 12.7 Å². The lowest BCUT2D eigenvalue weighted by Crippen LogP contribution is -2.15. The molecule has 0 bridgehead atoms. The van der Waals surface area contributed by atoms with Gasteiger partial charge in [0.05, 0.1) is 12.3 Å². The fourth-order valence-corrected chi connectivity index (χ4v) is 2.79. The number of aliphatic hydroxyl groups is 1. The van der Waals surface area contributed by atoms with E-state index < -0.39 is 20.7 Å². The molecule has 0 fully saturated rings. The Morgan fingerprint density at radius 1 is 1.30 bits per heavy atom. The smallest absolute Gasteiger partial charge is 0.264 e. The van der Waals surface area contributed by atoms with Crippen LogP contribution in [0.25, 0.3) is 0 Å². The molecular weight excluding hydrogens is 283 g/mol. The number of hydrogen-bond donors (Lipinski definition) is 2. The molecule has 1 aromatic heterocycles. The standard InChI is InChI=1S/C13H13FN2O3S/c1-9-6-11(4-5-15-9)16-20(18,19)13-3-2-10(8-17)7-12(13)14/h2-7,17H,8H2,1H3,(H,15,16). The van der Waals surface area contributed by atoms with Gasteiger partial charge in [0.15, 0.2) is 0 Å². The second-order valence-electron chi connectivity index (χ2n) is 4.21. The molecule has 106 valence electrons. The molecule has 0 aliphatic carbocycles. The summed E-state index contributed by atoms with van der Waals surface area (Å²) in [5.74, 6) is -0.908. The van der Waals surface area contributed by atoms with Crippen molar-refractivity contribution in [3.8, 4) is 0 Å². The SMILES string of the molecule is Cc1cc(NS(=O)(=O)c2ccc(CO)cc2F)ccn1. The molecule has 0 unspecified atom stereocenters. The molecule has 5 nitrogen and oxygen atoms in total. The third-order valence-corrected chi connectivity index (χ3v) is 4.03. The number of anilines is 1. The molecule has 2 N–H and O–H groups in total. The second kappa shape index (κ2) is 5.56. The minimum Gasteiger partial charge on any atom is -0.392 e. The molecule has 20 heavy (non-hydrogen) atoms. The van der Waals surface area contributed by atoms with Crippen LogP contribution >= 0.6 is 0 Å². The molecule has 0 saturated heterocycles. The zero-order chi connectivity index (χ0) is 14.8. The molecule has 0 spiro atoms. The molecule has 1 aromatic carbocycles. The summed E-state index contributed by atoms with van der Waals surface area (Å²) in [6.45, 7) is 1.36. The predicted molar refractivity (Wildman–Crippen MR) is 72.1 cm³/mol. The maximum absolute atomic E-state index is 13.8. The van der Waals surface area contributed by atoms with E-state index in [0.717, 1.165) is 12.1 Å². The summed E-state index contributed by atoms with van der Waals surface area (Å²) < 4.78 is 40.3. The van der Waals surface area contributed by atoms with E-state index in [4.69, 9.17) is 5.11 Å². The van der Waals surface area contributed by atoms with Gasteiger partial charge < -0.3 is 5.11 Å². The van der Waals surface area contributed by atoms with E-state index in [1.165, 1.54) is 24.4 Å². The van der Waals surface area contributed by atoms with Crippen molar-refractivity contribution in [2.45, 2.75) is 18.4 Å². The number of aromatic nitrogens is 1. The van der Waals surface area contributed by atoms with Gasteiger partial charge in [-0.3, -0.25) is 9.71 Å². The van der Waals surface area contributed by atoms with Crippen LogP contribution in [0.1, 0.15) is 11.3 Å². The van der Waals surface area contributed by atoms with Crippen LogP contribution in [0.2, 0.25) is 0 Å². The maximum atomic E-state index is 13.8. The number of aryl methyl sites for hydroxylation is 1. The van der Waals surface area contributed by atoms with Gasteiger partial charge in [-0.2, -0.15) is 0 Å². The van der Waals surface area contributed by atoms with Gasteiger partial charge in [0.1, 0.15) is 10.7 Å². The summed E-state index contributed by atoms with van der Waals surface area (Å²) in [6.07, 6.45) is 1.46. The zero-order valence-corrected chi connectivity index (χ0v) is 11.5. The first kappa shape index (κ1) is 14.4. The summed E-state index contributed by atoms with van der Waals surface area (Å²) in [7, 11) is -4.02. The summed E-state index contributed by atoms with van der Waals surface area (Å²) in [4.78, 5) is 3.48. The van der Waals surface area contributed by atoms with Crippen molar-refractivity contribution in [3.63, 3.8) is 0 Å². The molecule has 2 aromatic rings. The lowest BCUT2D eigenvalue weighted by molar-refractivity contribution is 0.281. The summed E-state index contributed by atoms with van der Waals surface area (Å²) >= 11 is 0. The van der Waals surface area contributed by atoms with Gasteiger partial charge in [0.25, 0.3) is 10.0 Å². The van der Waals surface area contributed by atoms with Gasteiger partial charge in [-0.1, -0.05) is 6.07 Å². The number of benzene rings is 1. The molecule has 0 saturated carbocycles. The van der Waals surface area contributed by atoms with Crippen LogP contribution in [-0.4, -0.2) is 18.5 Å². The van der Waals surface area contributed by atoms with Crippen LogP contribution in [0.3, 0.4) is 0 Å². The Balaban J connectivity index is 2.36. The molecule has 2 rings (SSSR count). The normalized spacial score (nSPS) is 11.3. The van der Waals surface area contributed by atoms with Crippen molar-refractivity contribution < 1.29 is 17.9 Å². The Bertz CT molecular complexity index is 732. The number of halogens is 1. The van der Waals surface area contributed by atoms with Crippen LogP contribution in [0.4, 0.5) is 10.1 Å². The van der Waals surface area contributed by atoms with Crippen molar-refractivity contribution in [2.24, 2.45) is 0 Å². The third-order valence-electron chi connectivity index (χ3n) is 2.62. The highest BCUT2D eigenvalue weighted by atomic mass is 32.2. The Kier molecular flexibility index (Phi) is 4.01. The first-order valence-electron chi connectivity index (χ1n) is 5.77. The maximum Gasteiger partial charge on any atom is 0.264 e. The predicted octanol–water partition coefficient (Wildman–Crippen LogP) is 1.82. The quantitative estimate of drug-likeness (QED) is 0.902. The van der Waals surface area contributed by atoms with Gasteiger partial charge in [0, 0.05) is 11.9 Å². The third kappa shape index (κ3) is 3.12. The summed E-state index contributed by atoms with van der Waals surface area (Å²) in [5.41, 5.74) is 1.26. The Morgan fingerprint density at radius 3 is 2.65 bits per heavy atom. The summed E-state index contributed by atoms with van der Waals surface area (Å²) in [6, 6.07) is 6.49. The average Bonchev–Trinajstić information content (AvgIpc) is 2.37. The lowest BCUT2D eigenvalue weighted by atomic mass is 10.2. The molecule has 7 heteroatoms. The van der Waals surface area contributed by atoms with Crippen molar-refractivity contribution in [1.29, 1.82) is 0 Å². The van der Waals surface area contributed by atoms with E-state index in [0.29, 0.717) is 16.9 Å². The van der Waals surface area contributed by atoms with Gasteiger partial charge in [-0.15, -0.1) is 0 Å². The fourth-order valence-electron chi connectivity index (χ4n) is 1.68. The topological polar surface area (TPSA) is 79.3 Å². The molecule has 0 atom stereocenters. The van der Waals surface area contributed by atoms with Crippen molar-refractivity contribution >= 4 is 15.7 Å². The Labute approximate surface area is 116 Å². The number of hydrogen-bond acceptors (Lipinski definition) is 4. The minimum atomic E-state index is -4.02. The zero-order valence-electron chi connectivity index (χ0n) is 10.7. The number of aliphatic hydroxyl groups excluding tert-OH is 1. The van der Waals surface area contributed by atoms with Crippen LogP contribution in [-0.2, 0) is 16.6 Å². The van der Waals surface area contributed by atoms with Gasteiger partial charge in [-0.05, 0) is 36.8 Å². The highest BCUT2D eigenvalue weighted by molar-refractivity contribution is 7.92. The van der Waals surface area contributed by atoms with Crippen molar-refractivity contribution in [3.05, 3.63) is 53.6 Å². The van der Waals surface area contributed by atoms with Crippen molar-refractivity contribution in [1.82, 2.24) is 4.98 Å². The molecule has 0 radical (unpaired) electrons. The van der Waals surface area contributed by atoms with Crippen LogP contribution < -0.4 is 4.72 Å². The van der Waals surface area contributed by atoms with Gasteiger partial charge >= 0.3 is 0 Å². The number of sulfonamides is 1. The fraction of sp³-hybridized carbons (Fsp3) is 0.154. The molecule has 0 aliphatic heterocycles. The Morgan fingerprint density at radius 2 is 2.05 bits per heavy atom. The molecular formula is C13H13FN2O3S. The number of nitrogens with one attached hydrogen (secondary N) is 1. The monoisotopic (exact) mass is 296 g/mol. The Hall–Kier alpha value is -1.99. The van der Waals surface area contributed by atoms with Crippen molar-refractivity contribution in [2.75, 3.05) is 4.72 Å². The number of nitrogens with zero attached hydrogens (tertiary/aromatic N) is 1. The van der Waals surface area contributed by atoms with E-state index >= 15 is 0 Å². The first-order chi connectivity index (χ1) is 9.42. The first-order valence-corrected chi connectivity index (χ1v) is 7.25. The average molecular weight is 296 g/mol. The van der Waals surface area contributed by atoms with Crippen LogP contribution in [0.5, 0.6) is 0 Å². The second-order valence-corrected chi connectivity index (χ2v) is 5.87. The van der Waals surface area contributed by atoms with E-state index in [2.05, 4.69) is 9.71 Å². The highest BCUT2D eigenvalue weighted by Crippen LogP contribution is 2.20. The van der Waals surface area contributed by atoms with E-state index in [9.17, 15) is 12.8 Å². The van der Waals surface area contributed by atoms with Crippen LogP contribution in [0.15, 0.2) is 41.4 Å². The molecule has 1 heterocycles. The highest BCUT2D eigenvalue weighted by Gasteiger charge is 2.19. The van der Waals surface area contributed by atoms with Gasteiger partial charge in [-0.25, -0.2) is 12.8 Å². The lowest BCUT2D eigenvalue weighted by Gasteiger charge is -2.09. The number of pyridine rings is 1. The molecule has 0 amide bonds. The van der Waals surface area contributed by atoms with E-state index in [1.807, 2.05) is 0 Å². The molecule has 0 aliphatic rings. The minimum absolute atomic E-state index is 0.307. The number of rotatable bonds is 4. The van der Waals surface area contributed by atoms with E-state index in [1.54, 1.807) is 6.92 Å². The summed E-state index contributed by atoms with van der Waals surface area (Å²) in [5, 5.41) is 8.88. The largest absolute Gasteiger partial charge is 0.392 e.